The van der Waals surface area contributed by atoms with Gasteiger partial charge in [-0.2, -0.15) is 0 Å². The number of benzene rings is 2. The molecule has 1 aliphatic heterocycles. The minimum absolute atomic E-state index is 0.0744. The van der Waals surface area contributed by atoms with Crippen LogP contribution in [0.15, 0.2) is 60.7 Å². The van der Waals surface area contributed by atoms with E-state index in [2.05, 4.69) is 0 Å². The van der Waals surface area contributed by atoms with Crippen LogP contribution in [0.5, 0.6) is 0 Å². The molecule has 1 fully saturated rings. The summed E-state index contributed by atoms with van der Waals surface area (Å²) in [6.45, 7) is 0.649. The Kier molecular flexibility index (Phi) is 6.73. The maximum Gasteiger partial charge on any atom is 0.184 e. The molecule has 0 amide bonds. The van der Waals surface area contributed by atoms with Gasteiger partial charge >= 0.3 is 0 Å². The van der Waals surface area contributed by atoms with Crippen LogP contribution in [0.2, 0.25) is 0 Å². The van der Waals surface area contributed by atoms with E-state index < -0.39 is 30.7 Å². The van der Waals surface area contributed by atoms with E-state index in [0.29, 0.717) is 6.61 Å². The number of aliphatic hydroxyl groups excluding tert-OH is 3. The van der Waals surface area contributed by atoms with E-state index in [0.717, 1.165) is 11.1 Å². The average molecular weight is 360 g/mol. The van der Waals surface area contributed by atoms with Gasteiger partial charge in [-0.05, 0) is 11.1 Å². The molecule has 3 rings (SSSR count). The molecule has 0 saturated carbocycles. The van der Waals surface area contributed by atoms with Crippen LogP contribution in [0.4, 0.5) is 0 Å². The van der Waals surface area contributed by atoms with Crippen molar-refractivity contribution in [3.63, 3.8) is 0 Å². The molecular formula is C20H24O6. The van der Waals surface area contributed by atoms with Crippen LogP contribution >= 0.6 is 0 Å². The first-order chi connectivity index (χ1) is 12.6. The lowest BCUT2D eigenvalue weighted by molar-refractivity contribution is -0.298. The minimum atomic E-state index is -1.44. The Hall–Kier alpha value is -1.80. The van der Waals surface area contributed by atoms with Crippen molar-refractivity contribution in [3.8, 4) is 0 Å². The van der Waals surface area contributed by atoms with Gasteiger partial charge in [-0.25, -0.2) is 0 Å². The third kappa shape index (κ3) is 4.88. The highest BCUT2D eigenvalue weighted by molar-refractivity contribution is 5.14. The highest BCUT2D eigenvalue weighted by Gasteiger charge is 2.44. The quantitative estimate of drug-likeness (QED) is 0.688. The van der Waals surface area contributed by atoms with E-state index in [1.807, 2.05) is 60.7 Å². The first-order valence-corrected chi connectivity index (χ1v) is 8.62. The molecule has 1 aliphatic rings. The molecule has 1 saturated heterocycles. The Balaban J connectivity index is 1.55. The minimum Gasteiger partial charge on any atom is -0.387 e. The molecule has 2 aromatic rings. The number of hydrogen-bond acceptors (Lipinski definition) is 6. The van der Waals surface area contributed by atoms with Gasteiger partial charge in [0.05, 0.1) is 19.8 Å². The third-order valence-electron chi connectivity index (χ3n) is 4.34. The van der Waals surface area contributed by atoms with Gasteiger partial charge in [-0.15, -0.1) is 0 Å². The molecule has 0 bridgehead atoms. The molecule has 3 N–H and O–H groups in total. The van der Waals surface area contributed by atoms with E-state index in [1.54, 1.807) is 0 Å². The summed E-state index contributed by atoms with van der Waals surface area (Å²) in [5, 5.41) is 30.5. The van der Waals surface area contributed by atoms with Crippen molar-refractivity contribution in [3.05, 3.63) is 71.8 Å². The Bertz CT molecular complexity index is 650. The maximum atomic E-state index is 10.5. The van der Waals surface area contributed by atoms with Gasteiger partial charge in [-0.3, -0.25) is 0 Å². The summed E-state index contributed by atoms with van der Waals surface area (Å²) in [6.07, 6.45) is -5.65. The van der Waals surface area contributed by atoms with Crippen LogP contribution in [0.1, 0.15) is 11.1 Å². The molecule has 5 atom stereocenters. The largest absolute Gasteiger partial charge is 0.387 e. The van der Waals surface area contributed by atoms with E-state index in [4.69, 9.17) is 14.2 Å². The molecule has 0 aromatic heterocycles. The summed E-state index contributed by atoms with van der Waals surface area (Å²) in [5.41, 5.74) is 1.90. The molecule has 0 unspecified atom stereocenters. The fourth-order valence-corrected chi connectivity index (χ4v) is 2.88. The first kappa shape index (κ1) is 19.0. The lowest BCUT2D eigenvalue weighted by Crippen LogP contribution is -2.59. The predicted molar refractivity (Wildman–Crippen MR) is 94.0 cm³/mol. The van der Waals surface area contributed by atoms with Crippen molar-refractivity contribution in [1.82, 2.24) is 0 Å². The van der Waals surface area contributed by atoms with Crippen molar-refractivity contribution < 1.29 is 29.5 Å². The molecule has 2 aromatic carbocycles. The fraction of sp³-hybridized carbons (Fsp3) is 0.400. The molecule has 0 aliphatic carbocycles. The normalized spacial score (nSPS) is 28.8. The van der Waals surface area contributed by atoms with Gasteiger partial charge < -0.3 is 29.5 Å². The van der Waals surface area contributed by atoms with Crippen LogP contribution < -0.4 is 0 Å². The summed E-state index contributed by atoms with van der Waals surface area (Å²) in [6, 6.07) is 19.0. The lowest BCUT2D eigenvalue weighted by atomic mass is 9.99. The topological polar surface area (TPSA) is 88.4 Å². The Labute approximate surface area is 152 Å². The Morgan fingerprint density at radius 1 is 0.769 bits per heavy atom. The summed E-state index contributed by atoms with van der Waals surface area (Å²) < 4.78 is 16.5. The Morgan fingerprint density at radius 3 is 1.96 bits per heavy atom. The number of aliphatic hydroxyl groups is 3. The first-order valence-electron chi connectivity index (χ1n) is 8.62. The van der Waals surface area contributed by atoms with Gasteiger partial charge in [0.2, 0.25) is 0 Å². The third-order valence-corrected chi connectivity index (χ3v) is 4.34. The smallest absolute Gasteiger partial charge is 0.184 e. The summed E-state index contributed by atoms with van der Waals surface area (Å²) in [4.78, 5) is 0. The van der Waals surface area contributed by atoms with Crippen LogP contribution in [0, 0.1) is 0 Å². The van der Waals surface area contributed by atoms with Gasteiger partial charge in [0.1, 0.15) is 24.4 Å². The molecule has 0 spiro atoms. The zero-order chi connectivity index (χ0) is 18.4. The molecular weight excluding hydrogens is 336 g/mol. The van der Waals surface area contributed by atoms with Crippen LogP contribution in [-0.4, -0.2) is 52.6 Å². The van der Waals surface area contributed by atoms with Crippen molar-refractivity contribution >= 4 is 0 Å². The summed E-state index contributed by atoms with van der Waals surface area (Å²) in [7, 11) is 0. The molecule has 1 heterocycles. The van der Waals surface area contributed by atoms with Gasteiger partial charge in [0.25, 0.3) is 0 Å². The SMILES string of the molecule is O[C@@H]1[C@@H](OCc2ccccc2)[C@H](O)[C@@H](COCc2ccccc2)O[C@H]1O. The molecule has 140 valence electrons. The number of ether oxygens (including phenoxy) is 3. The average Bonchev–Trinajstić information content (AvgIpc) is 2.67. The fourth-order valence-electron chi connectivity index (χ4n) is 2.88. The zero-order valence-corrected chi connectivity index (χ0v) is 14.3. The van der Waals surface area contributed by atoms with Crippen molar-refractivity contribution in [2.75, 3.05) is 6.61 Å². The van der Waals surface area contributed by atoms with E-state index in [1.165, 1.54) is 0 Å². The second kappa shape index (κ2) is 9.23. The Morgan fingerprint density at radius 2 is 1.35 bits per heavy atom. The predicted octanol–water partition coefficient (Wildman–Crippen LogP) is 1.23. The molecule has 26 heavy (non-hydrogen) atoms. The zero-order valence-electron chi connectivity index (χ0n) is 14.3. The van der Waals surface area contributed by atoms with Crippen molar-refractivity contribution in [2.24, 2.45) is 0 Å². The lowest BCUT2D eigenvalue weighted by Gasteiger charge is -2.40. The van der Waals surface area contributed by atoms with E-state index in [9.17, 15) is 15.3 Å². The van der Waals surface area contributed by atoms with Gasteiger partial charge in [0, 0.05) is 0 Å². The number of rotatable bonds is 7. The van der Waals surface area contributed by atoms with Crippen LogP contribution in [0.25, 0.3) is 0 Å². The van der Waals surface area contributed by atoms with E-state index in [-0.39, 0.29) is 13.2 Å². The van der Waals surface area contributed by atoms with Gasteiger partial charge in [-0.1, -0.05) is 60.7 Å². The van der Waals surface area contributed by atoms with Gasteiger partial charge in [0.15, 0.2) is 6.29 Å². The standard InChI is InChI=1S/C20H24O6/c21-17-16(13-24-11-14-7-3-1-4-8-14)26-20(23)18(22)19(17)25-12-15-9-5-2-6-10-15/h1-10,16-23H,11-13H2/t16-,17-,18-,19+,20-/m1/s1. The van der Waals surface area contributed by atoms with Crippen LogP contribution in [0.3, 0.4) is 0 Å². The maximum absolute atomic E-state index is 10.5. The monoisotopic (exact) mass is 360 g/mol. The van der Waals surface area contributed by atoms with Crippen LogP contribution in [-0.2, 0) is 27.4 Å². The highest BCUT2D eigenvalue weighted by Crippen LogP contribution is 2.24. The number of hydrogen-bond donors (Lipinski definition) is 3. The second-order valence-corrected chi connectivity index (χ2v) is 6.31. The van der Waals surface area contributed by atoms with Crippen molar-refractivity contribution in [1.29, 1.82) is 0 Å². The summed E-state index contributed by atoms with van der Waals surface area (Å²) in [5.74, 6) is 0. The summed E-state index contributed by atoms with van der Waals surface area (Å²) >= 11 is 0. The van der Waals surface area contributed by atoms with Crippen molar-refractivity contribution in [2.45, 2.75) is 43.9 Å². The molecule has 0 radical (unpaired) electrons. The molecule has 6 heteroatoms. The van der Waals surface area contributed by atoms with E-state index >= 15 is 0 Å². The highest BCUT2D eigenvalue weighted by atomic mass is 16.7. The second-order valence-electron chi connectivity index (χ2n) is 6.31. The molecule has 6 nitrogen and oxygen atoms in total.